The molecular formula is C32H26O8. The van der Waals surface area contributed by atoms with Crippen molar-refractivity contribution in [3.8, 4) is 34.5 Å². The topological polar surface area (TPSA) is 112 Å². The Kier molecular flexibility index (Phi) is 6.10. The van der Waals surface area contributed by atoms with Crippen LogP contribution in [0.2, 0.25) is 0 Å². The zero-order valence-electron chi connectivity index (χ0n) is 22.1. The van der Waals surface area contributed by atoms with Gasteiger partial charge in [0.25, 0.3) is 0 Å². The molecule has 2 atom stereocenters. The average Bonchev–Trinajstić information content (AvgIpc) is 3.33. The van der Waals surface area contributed by atoms with Crippen molar-refractivity contribution in [3.63, 3.8) is 0 Å². The Morgan fingerprint density at radius 1 is 0.750 bits per heavy atom. The molecule has 1 aliphatic carbocycles. The standard InChI is InChI=1S/C17H16O4.C15H10O4/c1-18-10-4-6-13-15(7-10)20-9-14-12-5-3-11(19-2)8-16(12)21-17(13)14;1-7-5-9-13(11(17)6-7)15(19)12-8(14(9)18)3-2-4-10(12)16/h3-8,14,17H,9H2,1-2H3;2-6,16-17H,1H3. The molecule has 3 aliphatic rings. The molecule has 2 N–H and O–H groups in total. The van der Waals surface area contributed by atoms with Gasteiger partial charge in [0.15, 0.2) is 5.78 Å². The Hall–Kier alpha value is -4.98. The number of carbonyl (C=O) groups is 2. The number of methoxy groups -OCH3 is 2. The van der Waals surface area contributed by atoms with E-state index in [1.54, 1.807) is 27.2 Å². The number of hydrogen-bond donors (Lipinski definition) is 2. The van der Waals surface area contributed by atoms with Gasteiger partial charge >= 0.3 is 0 Å². The molecule has 0 bridgehead atoms. The van der Waals surface area contributed by atoms with Gasteiger partial charge in [-0.25, -0.2) is 0 Å². The number of ether oxygens (including phenoxy) is 4. The van der Waals surface area contributed by atoms with Crippen LogP contribution in [0.25, 0.3) is 0 Å². The third-order valence-electron chi connectivity index (χ3n) is 7.43. The van der Waals surface area contributed by atoms with Crippen LogP contribution in [0.15, 0.2) is 66.7 Å². The average molecular weight is 539 g/mol. The van der Waals surface area contributed by atoms with Crippen LogP contribution in [0.1, 0.15) is 60.6 Å². The summed E-state index contributed by atoms with van der Waals surface area (Å²) in [5.74, 6) is 2.19. The van der Waals surface area contributed by atoms with E-state index in [4.69, 9.17) is 18.9 Å². The van der Waals surface area contributed by atoms with Crippen molar-refractivity contribution < 1.29 is 38.7 Å². The summed E-state index contributed by atoms with van der Waals surface area (Å²) in [4.78, 5) is 24.7. The highest BCUT2D eigenvalue weighted by Gasteiger charge is 2.41. The maximum atomic E-state index is 12.3. The van der Waals surface area contributed by atoms with Crippen LogP contribution in [0.5, 0.6) is 34.5 Å². The van der Waals surface area contributed by atoms with E-state index in [9.17, 15) is 19.8 Å². The summed E-state index contributed by atoms with van der Waals surface area (Å²) in [5, 5.41) is 19.6. The number of ketones is 2. The summed E-state index contributed by atoms with van der Waals surface area (Å²) in [6.07, 6.45) is 0.00163. The second-order valence-electron chi connectivity index (χ2n) is 9.83. The molecule has 2 aliphatic heterocycles. The van der Waals surface area contributed by atoms with E-state index in [0.29, 0.717) is 12.2 Å². The number of aryl methyl sites for hydroxylation is 1. The minimum Gasteiger partial charge on any atom is -0.507 e. The van der Waals surface area contributed by atoms with Gasteiger partial charge in [0, 0.05) is 34.4 Å². The molecule has 4 aromatic carbocycles. The van der Waals surface area contributed by atoms with E-state index in [2.05, 4.69) is 6.07 Å². The van der Waals surface area contributed by atoms with E-state index in [1.807, 2.05) is 30.3 Å². The monoisotopic (exact) mass is 538 g/mol. The summed E-state index contributed by atoms with van der Waals surface area (Å²) in [7, 11) is 3.32. The minimum absolute atomic E-state index is 0.00163. The Morgan fingerprint density at radius 3 is 2.15 bits per heavy atom. The van der Waals surface area contributed by atoms with Gasteiger partial charge in [0.1, 0.15) is 40.6 Å². The molecule has 40 heavy (non-hydrogen) atoms. The third-order valence-corrected chi connectivity index (χ3v) is 7.43. The molecule has 2 heterocycles. The molecule has 0 radical (unpaired) electrons. The molecule has 0 aromatic heterocycles. The van der Waals surface area contributed by atoms with E-state index in [0.717, 1.165) is 28.6 Å². The fourth-order valence-corrected chi connectivity index (χ4v) is 5.49. The van der Waals surface area contributed by atoms with Crippen LogP contribution in [-0.2, 0) is 0 Å². The van der Waals surface area contributed by atoms with Crippen LogP contribution in [0.4, 0.5) is 0 Å². The minimum atomic E-state index is -0.528. The van der Waals surface area contributed by atoms with Gasteiger partial charge in [-0.15, -0.1) is 0 Å². The molecule has 7 rings (SSSR count). The van der Waals surface area contributed by atoms with E-state index < -0.39 is 5.78 Å². The normalized spacial score (nSPS) is 17.5. The number of carbonyl (C=O) groups excluding carboxylic acids is 2. The van der Waals surface area contributed by atoms with Crippen LogP contribution in [0.3, 0.4) is 0 Å². The number of hydrogen-bond acceptors (Lipinski definition) is 8. The SMILES string of the molecule is COc1ccc2c(c1)OC1c3ccc(OC)cc3OCC21.Cc1cc(O)c2c(c1)C(=O)c1cccc(O)c1C2=O. The molecule has 0 amide bonds. The predicted molar refractivity (Wildman–Crippen MR) is 145 cm³/mol. The molecule has 0 spiro atoms. The lowest BCUT2D eigenvalue weighted by Gasteiger charge is -2.28. The number of benzene rings is 4. The largest absolute Gasteiger partial charge is 0.507 e. The number of fused-ring (bicyclic) bond motifs is 7. The smallest absolute Gasteiger partial charge is 0.201 e. The molecule has 0 fully saturated rings. The third kappa shape index (κ3) is 4.00. The van der Waals surface area contributed by atoms with Crippen molar-refractivity contribution in [2.45, 2.75) is 18.9 Å². The van der Waals surface area contributed by atoms with Gasteiger partial charge in [-0.1, -0.05) is 18.2 Å². The van der Waals surface area contributed by atoms with E-state index in [-0.39, 0.29) is 51.6 Å². The highest BCUT2D eigenvalue weighted by molar-refractivity contribution is 6.30. The summed E-state index contributed by atoms with van der Waals surface area (Å²) in [6, 6.07) is 19.2. The maximum Gasteiger partial charge on any atom is 0.201 e. The fraction of sp³-hybridized carbons (Fsp3) is 0.188. The molecular weight excluding hydrogens is 512 g/mol. The number of phenols is 2. The quantitative estimate of drug-likeness (QED) is 0.303. The Balaban J connectivity index is 0.000000145. The van der Waals surface area contributed by atoms with Crippen LogP contribution < -0.4 is 18.9 Å². The van der Waals surface area contributed by atoms with Gasteiger partial charge in [0.2, 0.25) is 5.78 Å². The summed E-state index contributed by atoms with van der Waals surface area (Å²) in [5.41, 5.74) is 3.22. The molecule has 8 heteroatoms. The van der Waals surface area contributed by atoms with Gasteiger partial charge in [-0.05, 0) is 48.9 Å². The molecule has 202 valence electrons. The van der Waals surface area contributed by atoms with E-state index in [1.165, 1.54) is 29.8 Å². The second kappa shape index (κ2) is 9.64. The number of rotatable bonds is 2. The van der Waals surface area contributed by atoms with Crippen molar-refractivity contribution in [2.24, 2.45) is 0 Å². The zero-order valence-corrected chi connectivity index (χ0v) is 22.1. The highest BCUT2D eigenvalue weighted by atomic mass is 16.5. The van der Waals surface area contributed by atoms with Gasteiger partial charge in [-0.2, -0.15) is 0 Å². The van der Waals surface area contributed by atoms with Gasteiger partial charge < -0.3 is 29.2 Å². The van der Waals surface area contributed by atoms with Crippen LogP contribution in [0, 0.1) is 6.92 Å². The summed E-state index contributed by atoms with van der Waals surface area (Å²) >= 11 is 0. The first kappa shape index (κ1) is 25.3. The first-order chi connectivity index (χ1) is 19.3. The molecule has 8 nitrogen and oxygen atoms in total. The lowest BCUT2D eigenvalue weighted by Crippen LogP contribution is -2.23. The van der Waals surface area contributed by atoms with E-state index >= 15 is 0 Å². The Bertz CT molecular complexity index is 1690. The Labute approximate surface area is 230 Å². The molecule has 0 saturated carbocycles. The van der Waals surface area contributed by atoms with Crippen molar-refractivity contribution in [2.75, 3.05) is 20.8 Å². The van der Waals surface area contributed by atoms with Crippen molar-refractivity contribution in [1.82, 2.24) is 0 Å². The Morgan fingerprint density at radius 2 is 1.43 bits per heavy atom. The van der Waals surface area contributed by atoms with Crippen molar-refractivity contribution in [3.05, 3.63) is 106 Å². The molecule has 4 aromatic rings. The fourth-order valence-electron chi connectivity index (χ4n) is 5.49. The maximum absolute atomic E-state index is 12.3. The highest BCUT2D eigenvalue weighted by Crippen LogP contribution is 2.52. The van der Waals surface area contributed by atoms with Crippen molar-refractivity contribution in [1.29, 1.82) is 0 Å². The van der Waals surface area contributed by atoms with Crippen LogP contribution in [-0.4, -0.2) is 42.6 Å². The summed E-state index contributed by atoms with van der Waals surface area (Å²) in [6.45, 7) is 2.35. The first-order valence-corrected chi connectivity index (χ1v) is 12.7. The molecule has 0 saturated heterocycles. The lowest BCUT2D eigenvalue weighted by atomic mass is 9.82. The zero-order chi connectivity index (χ0) is 28.1. The van der Waals surface area contributed by atoms with Crippen LogP contribution >= 0.6 is 0 Å². The summed E-state index contributed by atoms with van der Waals surface area (Å²) < 4.78 is 22.6. The number of phenolic OH excluding ortho intramolecular Hbond substituents is 2. The van der Waals surface area contributed by atoms with Gasteiger partial charge in [0.05, 0.1) is 37.9 Å². The predicted octanol–water partition coefficient (Wildman–Crippen LogP) is 5.50. The second-order valence-corrected chi connectivity index (χ2v) is 9.83. The number of aromatic hydroxyl groups is 2. The molecule has 2 unspecified atom stereocenters. The first-order valence-electron chi connectivity index (χ1n) is 12.7. The lowest BCUT2D eigenvalue weighted by molar-refractivity contribution is 0.0974. The van der Waals surface area contributed by atoms with Gasteiger partial charge in [-0.3, -0.25) is 9.59 Å². The van der Waals surface area contributed by atoms with Crippen molar-refractivity contribution >= 4 is 11.6 Å².